The zero-order valence-corrected chi connectivity index (χ0v) is 8.55. The fourth-order valence-corrected chi connectivity index (χ4v) is 0.965. The van der Waals surface area contributed by atoms with Gasteiger partial charge >= 0.3 is 0 Å². The molecule has 0 spiro atoms. The summed E-state index contributed by atoms with van der Waals surface area (Å²) >= 11 is 0. The molecule has 0 aliphatic carbocycles. The molecule has 0 atom stereocenters. The number of benzene rings is 1. The molecular formula is C11H16FNO. The minimum atomic E-state index is -0.239. The van der Waals surface area contributed by atoms with Gasteiger partial charge in [0.25, 0.3) is 0 Å². The van der Waals surface area contributed by atoms with Gasteiger partial charge in [0, 0.05) is 24.3 Å². The van der Waals surface area contributed by atoms with Gasteiger partial charge in [0.15, 0.2) is 0 Å². The molecule has 0 saturated carbocycles. The highest BCUT2D eigenvalue weighted by Crippen LogP contribution is 2.15. The van der Waals surface area contributed by atoms with Gasteiger partial charge in [-0.3, -0.25) is 0 Å². The molecule has 0 aromatic heterocycles. The fourth-order valence-electron chi connectivity index (χ4n) is 0.965. The first-order chi connectivity index (χ1) is 6.53. The smallest absolute Gasteiger partial charge is 0.123 e. The van der Waals surface area contributed by atoms with Crippen LogP contribution in [-0.2, 0) is 0 Å². The summed E-state index contributed by atoms with van der Waals surface area (Å²) in [5, 5.41) is 12.2. The van der Waals surface area contributed by atoms with E-state index in [0.29, 0.717) is 6.54 Å². The Morgan fingerprint density at radius 2 is 1.86 bits per heavy atom. The highest BCUT2D eigenvalue weighted by Gasteiger charge is 2.15. The number of hydrogen-bond acceptors (Lipinski definition) is 2. The van der Waals surface area contributed by atoms with Crippen molar-refractivity contribution in [3.63, 3.8) is 0 Å². The molecule has 78 valence electrons. The van der Waals surface area contributed by atoms with E-state index >= 15 is 0 Å². The highest BCUT2D eigenvalue weighted by atomic mass is 19.1. The first-order valence-corrected chi connectivity index (χ1v) is 4.64. The average Bonchev–Trinajstić information content (AvgIpc) is 2.17. The van der Waals surface area contributed by atoms with Gasteiger partial charge in [-0.25, -0.2) is 4.39 Å². The highest BCUT2D eigenvalue weighted by molar-refractivity contribution is 5.42. The lowest BCUT2D eigenvalue weighted by Crippen LogP contribution is -2.26. The molecular weight excluding hydrogens is 181 g/mol. The second-order valence-corrected chi connectivity index (χ2v) is 4.18. The van der Waals surface area contributed by atoms with E-state index in [1.54, 1.807) is 12.1 Å². The molecule has 1 aromatic carbocycles. The van der Waals surface area contributed by atoms with Crippen LogP contribution in [0, 0.1) is 11.2 Å². The van der Waals surface area contributed by atoms with Gasteiger partial charge in [-0.15, -0.1) is 0 Å². The zero-order valence-electron chi connectivity index (χ0n) is 8.55. The number of aliphatic hydroxyl groups excluding tert-OH is 1. The van der Waals surface area contributed by atoms with Gasteiger partial charge in [0.05, 0.1) is 0 Å². The summed E-state index contributed by atoms with van der Waals surface area (Å²) in [6.45, 7) is 4.71. The van der Waals surface area contributed by atoms with Crippen LogP contribution < -0.4 is 5.32 Å². The van der Waals surface area contributed by atoms with Crippen LogP contribution in [0.25, 0.3) is 0 Å². The van der Waals surface area contributed by atoms with Crippen molar-refractivity contribution in [2.75, 3.05) is 18.5 Å². The van der Waals surface area contributed by atoms with Crippen LogP contribution in [0.1, 0.15) is 13.8 Å². The Bertz CT molecular complexity index is 282. The number of aliphatic hydroxyl groups is 1. The van der Waals surface area contributed by atoms with Crippen LogP contribution in [0.3, 0.4) is 0 Å². The SMILES string of the molecule is CC(C)(CO)CNc1ccc(F)cc1. The molecule has 0 saturated heterocycles. The van der Waals surface area contributed by atoms with E-state index in [1.807, 2.05) is 13.8 Å². The first kappa shape index (κ1) is 11.0. The number of hydrogen-bond donors (Lipinski definition) is 2. The summed E-state index contributed by atoms with van der Waals surface area (Å²) in [4.78, 5) is 0. The van der Waals surface area contributed by atoms with Gasteiger partial charge in [0.1, 0.15) is 5.82 Å². The molecule has 0 fully saturated rings. The molecule has 2 N–H and O–H groups in total. The number of halogens is 1. The molecule has 0 unspecified atom stereocenters. The Hall–Kier alpha value is -1.09. The fraction of sp³-hybridized carbons (Fsp3) is 0.455. The van der Waals surface area contributed by atoms with E-state index in [-0.39, 0.29) is 17.8 Å². The van der Waals surface area contributed by atoms with Gasteiger partial charge in [-0.2, -0.15) is 0 Å². The predicted octanol–water partition coefficient (Wildman–Crippen LogP) is 2.26. The molecule has 0 heterocycles. The molecule has 0 amide bonds. The Balaban J connectivity index is 2.50. The third-order valence-corrected chi connectivity index (χ3v) is 2.04. The van der Waals surface area contributed by atoms with Crippen molar-refractivity contribution in [1.82, 2.24) is 0 Å². The van der Waals surface area contributed by atoms with Crippen molar-refractivity contribution in [2.24, 2.45) is 5.41 Å². The van der Waals surface area contributed by atoms with Gasteiger partial charge < -0.3 is 10.4 Å². The molecule has 3 heteroatoms. The lowest BCUT2D eigenvalue weighted by Gasteiger charge is -2.22. The van der Waals surface area contributed by atoms with Crippen LogP contribution in [0.4, 0.5) is 10.1 Å². The average molecular weight is 197 g/mol. The monoisotopic (exact) mass is 197 g/mol. The summed E-state index contributed by atoms with van der Waals surface area (Å²) in [6.07, 6.45) is 0. The molecule has 0 aliphatic rings. The van der Waals surface area contributed by atoms with Crippen LogP contribution >= 0.6 is 0 Å². The summed E-state index contributed by atoms with van der Waals surface area (Å²) in [5.74, 6) is -0.239. The number of rotatable bonds is 4. The van der Waals surface area contributed by atoms with Crippen molar-refractivity contribution in [1.29, 1.82) is 0 Å². The second kappa shape index (κ2) is 4.42. The van der Waals surface area contributed by atoms with Crippen molar-refractivity contribution < 1.29 is 9.50 Å². The number of nitrogens with one attached hydrogen (secondary N) is 1. The zero-order chi connectivity index (χ0) is 10.6. The lowest BCUT2D eigenvalue weighted by molar-refractivity contribution is 0.171. The maximum atomic E-state index is 12.6. The molecule has 2 nitrogen and oxygen atoms in total. The minimum Gasteiger partial charge on any atom is -0.396 e. The first-order valence-electron chi connectivity index (χ1n) is 4.64. The summed E-state index contributed by atoms with van der Waals surface area (Å²) < 4.78 is 12.6. The van der Waals surface area contributed by atoms with Gasteiger partial charge in [0.2, 0.25) is 0 Å². The largest absolute Gasteiger partial charge is 0.396 e. The molecule has 1 aromatic rings. The molecule has 0 aliphatic heterocycles. The van der Waals surface area contributed by atoms with Gasteiger partial charge in [-0.1, -0.05) is 13.8 Å². The van der Waals surface area contributed by atoms with E-state index in [0.717, 1.165) is 5.69 Å². The normalized spacial score (nSPS) is 11.4. The third kappa shape index (κ3) is 3.34. The molecule has 0 bridgehead atoms. The van der Waals surface area contributed by atoms with E-state index in [9.17, 15) is 4.39 Å². The molecule has 0 radical (unpaired) electrons. The van der Waals surface area contributed by atoms with Crippen molar-refractivity contribution >= 4 is 5.69 Å². The van der Waals surface area contributed by atoms with Crippen molar-refractivity contribution in [2.45, 2.75) is 13.8 Å². The van der Waals surface area contributed by atoms with E-state index < -0.39 is 0 Å². The molecule has 1 rings (SSSR count). The van der Waals surface area contributed by atoms with Crippen LogP contribution in [0.15, 0.2) is 24.3 Å². The van der Waals surface area contributed by atoms with E-state index in [2.05, 4.69) is 5.32 Å². The maximum absolute atomic E-state index is 12.6. The van der Waals surface area contributed by atoms with Crippen molar-refractivity contribution in [3.8, 4) is 0 Å². The Kier molecular flexibility index (Phi) is 3.47. The minimum absolute atomic E-state index is 0.126. The quantitative estimate of drug-likeness (QED) is 0.776. The maximum Gasteiger partial charge on any atom is 0.123 e. The van der Waals surface area contributed by atoms with Crippen LogP contribution in [0.5, 0.6) is 0 Å². The van der Waals surface area contributed by atoms with E-state index in [4.69, 9.17) is 5.11 Å². The summed E-state index contributed by atoms with van der Waals surface area (Å²) in [7, 11) is 0. The second-order valence-electron chi connectivity index (χ2n) is 4.18. The van der Waals surface area contributed by atoms with Crippen LogP contribution in [-0.4, -0.2) is 18.3 Å². The molecule has 14 heavy (non-hydrogen) atoms. The topological polar surface area (TPSA) is 32.3 Å². The van der Waals surface area contributed by atoms with Crippen molar-refractivity contribution in [3.05, 3.63) is 30.1 Å². The Morgan fingerprint density at radius 3 is 2.36 bits per heavy atom. The van der Waals surface area contributed by atoms with Gasteiger partial charge in [-0.05, 0) is 24.3 Å². The van der Waals surface area contributed by atoms with E-state index in [1.165, 1.54) is 12.1 Å². The summed E-state index contributed by atoms with van der Waals surface area (Å²) in [6, 6.07) is 6.19. The number of anilines is 1. The standard InChI is InChI=1S/C11H16FNO/c1-11(2,8-14)7-13-10-5-3-9(12)4-6-10/h3-6,13-14H,7-8H2,1-2H3. The Labute approximate surface area is 83.8 Å². The lowest BCUT2D eigenvalue weighted by atomic mass is 9.95. The van der Waals surface area contributed by atoms with Crippen LogP contribution in [0.2, 0.25) is 0 Å². The predicted molar refractivity (Wildman–Crippen MR) is 55.8 cm³/mol. The third-order valence-electron chi connectivity index (χ3n) is 2.04. The summed E-state index contributed by atoms with van der Waals surface area (Å²) in [5.41, 5.74) is 0.710. The Morgan fingerprint density at radius 1 is 1.29 bits per heavy atom.